The Hall–Kier alpha value is -1.10. The summed E-state index contributed by atoms with van der Waals surface area (Å²) < 4.78 is 10.9. The Morgan fingerprint density at radius 1 is 1.22 bits per heavy atom. The van der Waals surface area contributed by atoms with Crippen molar-refractivity contribution >= 4 is 11.9 Å². The molecule has 4 saturated carbocycles. The van der Waals surface area contributed by atoms with E-state index in [2.05, 4.69) is 0 Å². The summed E-state index contributed by atoms with van der Waals surface area (Å²) in [6.45, 7) is 3.85. The summed E-state index contributed by atoms with van der Waals surface area (Å²) in [5.41, 5.74) is -0.368. The molecule has 3 atom stereocenters. The average Bonchev–Trinajstić information content (AvgIpc) is 2.50. The molecule has 4 fully saturated rings. The number of aliphatic hydroxyl groups excluding tert-OH is 1. The van der Waals surface area contributed by atoms with Crippen molar-refractivity contribution in [1.82, 2.24) is 0 Å². The highest BCUT2D eigenvalue weighted by molar-refractivity contribution is 5.73. The van der Waals surface area contributed by atoms with Crippen molar-refractivity contribution < 1.29 is 24.2 Å². The van der Waals surface area contributed by atoms with Crippen LogP contribution in [0.1, 0.15) is 58.8 Å². The van der Waals surface area contributed by atoms with E-state index in [0.29, 0.717) is 5.92 Å². The van der Waals surface area contributed by atoms with Crippen LogP contribution in [0, 0.1) is 23.7 Å². The van der Waals surface area contributed by atoms with Gasteiger partial charge in [0.05, 0.1) is 18.4 Å². The summed E-state index contributed by atoms with van der Waals surface area (Å²) in [7, 11) is 0. The molecule has 0 radical (unpaired) electrons. The van der Waals surface area contributed by atoms with Gasteiger partial charge >= 0.3 is 11.9 Å². The lowest BCUT2D eigenvalue weighted by Crippen LogP contribution is -2.58. The molecule has 4 rings (SSSR count). The third-order valence-electron chi connectivity index (χ3n) is 6.06. The lowest BCUT2D eigenvalue weighted by molar-refractivity contribution is -0.206. The Morgan fingerprint density at radius 3 is 2.48 bits per heavy atom. The minimum Gasteiger partial charge on any atom is -0.465 e. The van der Waals surface area contributed by atoms with Crippen molar-refractivity contribution in [2.24, 2.45) is 23.7 Å². The summed E-state index contributed by atoms with van der Waals surface area (Å²) in [6.07, 6.45) is 5.30. The Kier molecular flexibility index (Phi) is 4.68. The highest BCUT2D eigenvalue weighted by Gasteiger charge is 2.56. The van der Waals surface area contributed by atoms with Gasteiger partial charge in [-0.15, -0.1) is 0 Å². The predicted molar refractivity (Wildman–Crippen MR) is 83.4 cm³/mol. The van der Waals surface area contributed by atoms with E-state index in [9.17, 15) is 14.7 Å². The van der Waals surface area contributed by atoms with Crippen molar-refractivity contribution in [2.75, 3.05) is 6.61 Å². The standard InChI is InChI=1S/C18H28O5/c1-3-11(2)17(21)22-5-4-15(19)23-18-8-12-6-13(9-18)16(20)14(7-12)10-18/h11-14,16,20H,3-10H2,1-2H3. The van der Waals surface area contributed by atoms with Crippen molar-refractivity contribution in [3.8, 4) is 0 Å². The van der Waals surface area contributed by atoms with E-state index >= 15 is 0 Å². The molecule has 0 spiro atoms. The third kappa shape index (κ3) is 3.39. The second-order valence-corrected chi connectivity index (χ2v) is 7.84. The number of ether oxygens (including phenoxy) is 2. The molecule has 0 aromatic carbocycles. The van der Waals surface area contributed by atoms with E-state index in [0.717, 1.165) is 38.5 Å². The van der Waals surface area contributed by atoms with E-state index in [1.807, 2.05) is 13.8 Å². The number of aliphatic hydroxyl groups is 1. The smallest absolute Gasteiger partial charge is 0.309 e. The fourth-order valence-corrected chi connectivity index (χ4v) is 4.88. The molecule has 130 valence electrons. The zero-order chi connectivity index (χ0) is 16.6. The molecule has 0 aromatic rings. The van der Waals surface area contributed by atoms with E-state index in [1.54, 1.807) is 0 Å². The molecule has 3 unspecified atom stereocenters. The van der Waals surface area contributed by atoms with Crippen LogP contribution in [0.4, 0.5) is 0 Å². The van der Waals surface area contributed by atoms with Gasteiger partial charge in [-0.25, -0.2) is 0 Å². The van der Waals surface area contributed by atoms with Crippen molar-refractivity contribution in [1.29, 1.82) is 0 Å². The lowest BCUT2D eigenvalue weighted by Gasteiger charge is -2.57. The average molecular weight is 324 g/mol. The van der Waals surface area contributed by atoms with Crippen molar-refractivity contribution in [2.45, 2.75) is 70.5 Å². The van der Waals surface area contributed by atoms with Crippen LogP contribution < -0.4 is 0 Å². The maximum absolute atomic E-state index is 12.2. The van der Waals surface area contributed by atoms with Gasteiger partial charge in [-0.1, -0.05) is 13.8 Å². The second-order valence-electron chi connectivity index (χ2n) is 7.84. The SMILES string of the molecule is CCC(C)C(=O)OCCC(=O)OC12CC3CC(C1)C(O)C(C3)C2. The number of hydrogen-bond acceptors (Lipinski definition) is 5. The van der Waals surface area contributed by atoms with Crippen LogP contribution in [0.2, 0.25) is 0 Å². The molecule has 0 amide bonds. The van der Waals surface area contributed by atoms with Gasteiger partial charge < -0.3 is 14.6 Å². The first-order valence-electron chi connectivity index (χ1n) is 8.99. The van der Waals surface area contributed by atoms with E-state index < -0.39 is 0 Å². The van der Waals surface area contributed by atoms with Crippen molar-refractivity contribution in [3.05, 3.63) is 0 Å². The minimum absolute atomic E-state index is 0.0942. The Bertz CT molecular complexity index is 458. The first kappa shape index (κ1) is 16.7. The summed E-state index contributed by atoms with van der Waals surface area (Å²) in [4.78, 5) is 23.8. The molecular weight excluding hydrogens is 296 g/mol. The predicted octanol–water partition coefficient (Wildman–Crippen LogP) is 2.45. The fourth-order valence-electron chi connectivity index (χ4n) is 4.88. The molecule has 4 aliphatic carbocycles. The normalized spacial score (nSPS) is 39.1. The van der Waals surface area contributed by atoms with Crippen LogP contribution in [0.5, 0.6) is 0 Å². The summed E-state index contributed by atoms with van der Waals surface area (Å²) in [5, 5.41) is 10.3. The van der Waals surface area contributed by atoms with Crippen LogP contribution in [0.15, 0.2) is 0 Å². The maximum Gasteiger partial charge on any atom is 0.309 e. The van der Waals surface area contributed by atoms with Crippen LogP contribution in [0.3, 0.4) is 0 Å². The molecule has 0 aromatic heterocycles. The van der Waals surface area contributed by atoms with Crippen LogP contribution >= 0.6 is 0 Å². The van der Waals surface area contributed by atoms with Gasteiger partial charge in [0, 0.05) is 0 Å². The van der Waals surface area contributed by atoms with Crippen molar-refractivity contribution in [3.63, 3.8) is 0 Å². The molecule has 0 saturated heterocycles. The molecule has 4 aliphatic rings. The Morgan fingerprint density at radius 2 is 1.87 bits per heavy atom. The van der Waals surface area contributed by atoms with Crippen LogP contribution in [0.25, 0.3) is 0 Å². The van der Waals surface area contributed by atoms with Gasteiger partial charge in [0.25, 0.3) is 0 Å². The van der Waals surface area contributed by atoms with Gasteiger partial charge in [-0.3, -0.25) is 9.59 Å². The van der Waals surface area contributed by atoms with Gasteiger partial charge in [0.2, 0.25) is 0 Å². The molecule has 5 nitrogen and oxygen atoms in total. The molecule has 4 bridgehead atoms. The van der Waals surface area contributed by atoms with Gasteiger partial charge in [-0.05, 0) is 56.3 Å². The van der Waals surface area contributed by atoms with Gasteiger partial charge in [0.1, 0.15) is 12.2 Å². The first-order valence-corrected chi connectivity index (χ1v) is 8.99. The van der Waals surface area contributed by atoms with Crippen LogP contribution in [-0.4, -0.2) is 35.4 Å². The monoisotopic (exact) mass is 324 g/mol. The number of carbonyl (C=O) groups is 2. The minimum atomic E-state index is -0.368. The zero-order valence-corrected chi connectivity index (χ0v) is 14.1. The van der Waals surface area contributed by atoms with E-state index in [1.165, 1.54) is 0 Å². The molecule has 5 heteroatoms. The number of hydrogen-bond donors (Lipinski definition) is 1. The molecular formula is C18H28O5. The highest BCUT2D eigenvalue weighted by Crippen LogP contribution is 2.57. The molecule has 1 N–H and O–H groups in total. The first-order chi connectivity index (χ1) is 10.9. The fraction of sp³-hybridized carbons (Fsp3) is 0.889. The van der Waals surface area contributed by atoms with E-state index in [-0.39, 0.29) is 54.4 Å². The summed E-state index contributed by atoms with van der Waals surface area (Å²) in [5.74, 6) is 0.508. The van der Waals surface area contributed by atoms with Crippen LogP contribution in [-0.2, 0) is 19.1 Å². The second kappa shape index (κ2) is 6.42. The van der Waals surface area contributed by atoms with Gasteiger partial charge in [0.15, 0.2) is 0 Å². The topological polar surface area (TPSA) is 72.8 Å². The zero-order valence-electron chi connectivity index (χ0n) is 14.1. The molecule has 23 heavy (non-hydrogen) atoms. The number of rotatable bonds is 6. The summed E-state index contributed by atoms with van der Waals surface area (Å²) in [6, 6.07) is 0. The Balaban J connectivity index is 1.48. The van der Waals surface area contributed by atoms with Gasteiger partial charge in [-0.2, -0.15) is 0 Å². The number of esters is 2. The summed E-state index contributed by atoms with van der Waals surface area (Å²) >= 11 is 0. The lowest BCUT2D eigenvalue weighted by atomic mass is 9.53. The third-order valence-corrected chi connectivity index (χ3v) is 6.06. The maximum atomic E-state index is 12.2. The number of carbonyl (C=O) groups excluding carboxylic acids is 2. The quantitative estimate of drug-likeness (QED) is 0.760. The molecule has 0 aliphatic heterocycles. The Labute approximate surface area is 137 Å². The largest absolute Gasteiger partial charge is 0.465 e. The highest BCUT2D eigenvalue weighted by atomic mass is 16.6. The van der Waals surface area contributed by atoms with E-state index in [4.69, 9.17) is 9.47 Å². The molecule has 0 heterocycles.